The van der Waals surface area contributed by atoms with Crippen LogP contribution >= 0.6 is 0 Å². The number of carbonyl (C=O) groups excluding carboxylic acids is 4. The number of rotatable bonds is 8. The molecule has 0 atom stereocenters. The van der Waals surface area contributed by atoms with E-state index in [9.17, 15) is 19.2 Å². The third kappa shape index (κ3) is 8.92. The van der Waals surface area contributed by atoms with Crippen LogP contribution in [0.5, 0.6) is 5.88 Å². The van der Waals surface area contributed by atoms with E-state index in [1.54, 1.807) is 9.80 Å². The van der Waals surface area contributed by atoms with E-state index in [-0.39, 0.29) is 17.8 Å². The minimum absolute atomic E-state index is 0.130. The van der Waals surface area contributed by atoms with Crippen molar-refractivity contribution >= 4 is 58.3 Å². The maximum atomic E-state index is 13.4. The number of hydrogen-bond donors (Lipinski definition) is 2. The molecule has 0 saturated carbocycles. The molecule has 0 unspecified atom stereocenters. The summed E-state index contributed by atoms with van der Waals surface area (Å²) in [7, 11) is 0. The van der Waals surface area contributed by atoms with E-state index in [0.29, 0.717) is 75.7 Å². The summed E-state index contributed by atoms with van der Waals surface area (Å²) in [5, 5.41) is 5.74. The number of imide groups is 1. The molecule has 7 heterocycles. The lowest BCUT2D eigenvalue weighted by Gasteiger charge is -2.49. The van der Waals surface area contributed by atoms with Crippen molar-refractivity contribution < 1.29 is 28.7 Å². The van der Waals surface area contributed by atoms with Gasteiger partial charge in [-0.25, -0.2) is 24.5 Å². The van der Waals surface area contributed by atoms with Gasteiger partial charge in [0.05, 0.1) is 37.1 Å². The van der Waals surface area contributed by atoms with Gasteiger partial charge >= 0.3 is 12.1 Å². The zero-order valence-electron chi connectivity index (χ0n) is 36.6. The lowest BCUT2D eigenvalue weighted by atomic mass is 10.0. The third-order valence-electron chi connectivity index (χ3n) is 12.5. The Morgan fingerprint density at radius 2 is 1.67 bits per heavy atom. The Kier molecular flexibility index (Phi) is 11.3. The van der Waals surface area contributed by atoms with E-state index in [1.165, 1.54) is 0 Å². The summed E-state index contributed by atoms with van der Waals surface area (Å²) in [5.74, 6) is 0.813. The molecule has 2 N–H and O–H groups in total. The number of nitrogens with one attached hydrogen (secondary N) is 2. The number of ether oxygens (including phenoxy) is 2. The fourth-order valence-corrected chi connectivity index (χ4v) is 9.00. The molecule has 2 aromatic carbocycles. The van der Waals surface area contributed by atoms with Gasteiger partial charge in [0.25, 0.3) is 0 Å². The molecule has 0 spiro atoms. The third-order valence-corrected chi connectivity index (χ3v) is 12.5. The fraction of sp³-hybridized carbons (Fsp3) is 0.457. The minimum atomic E-state index is -0.628. The van der Waals surface area contributed by atoms with Crippen LogP contribution in [0.2, 0.25) is 0 Å². The van der Waals surface area contributed by atoms with E-state index in [0.717, 1.165) is 89.8 Å². The van der Waals surface area contributed by atoms with Crippen LogP contribution < -0.4 is 35.0 Å². The summed E-state index contributed by atoms with van der Waals surface area (Å²) in [6.07, 6.45) is 4.68. The summed E-state index contributed by atoms with van der Waals surface area (Å²) < 4.78 is 11.6. The second-order valence-corrected chi connectivity index (χ2v) is 17.9. The standard InChI is InChI=1S/C46H55N11O6/c1-29-22-34(10-11-37(29)56-15-13-39(58)51-44(56)60)55-26-35(27-55)52-16-18-53(19-17-52)40(59)23-31-6-8-33(9-7-31)49-43-48-24-32-12-14-54(28-36(32)50-43)38-25-47-42-41(30(38)2)57(20-21-62-42)45(61)63-46(3,4)5/h6-11,22,24-25,35H,12-21,23,26-28H2,1-5H3,(H,48,49,50)(H,51,58,60). The highest BCUT2D eigenvalue weighted by molar-refractivity contribution is 6.06. The summed E-state index contributed by atoms with van der Waals surface area (Å²) in [6.45, 7) is 16.9. The van der Waals surface area contributed by atoms with E-state index in [2.05, 4.69) is 47.4 Å². The van der Waals surface area contributed by atoms with Crippen molar-refractivity contribution in [2.45, 2.75) is 72.1 Å². The van der Waals surface area contributed by atoms with Gasteiger partial charge in [0.15, 0.2) is 0 Å². The van der Waals surface area contributed by atoms with Crippen molar-refractivity contribution in [1.82, 2.24) is 30.1 Å². The number of piperazine rings is 1. The van der Waals surface area contributed by atoms with Crippen LogP contribution in [-0.2, 0) is 33.7 Å². The Morgan fingerprint density at radius 3 is 2.40 bits per heavy atom. The number of fused-ring (bicyclic) bond motifs is 2. The summed E-state index contributed by atoms with van der Waals surface area (Å²) in [4.78, 5) is 76.9. The largest absolute Gasteiger partial charge is 0.474 e. The molecular weight excluding hydrogens is 803 g/mol. The predicted octanol–water partition coefficient (Wildman–Crippen LogP) is 4.95. The van der Waals surface area contributed by atoms with Crippen molar-refractivity contribution in [3.8, 4) is 5.88 Å². The summed E-state index contributed by atoms with van der Waals surface area (Å²) >= 11 is 0. The molecule has 5 aliphatic heterocycles. The average Bonchev–Trinajstić information content (AvgIpc) is 3.23. The highest BCUT2D eigenvalue weighted by atomic mass is 16.6. The Morgan fingerprint density at radius 1 is 0.889 bits per heavy atom. The van der Waals surface area contributed by atoms with E-state index in [4.69, 9.17) is 14.5 Å². The number of benzene rings is 2. The Balaban J connectivity index is 0.750. The van der Waals surface area contributed by atoms with Crippen LogP contribution in [0.1, 0.15) is 55.1 Å². The highest BCUT2D eigenvalue weighted by Crippen LogP contribution is 2.40. The van der Waals surface area contributed by atoms with E-state index in [1.807, 2.05) is 82.2 Å². The molecule has 17 nitrogen and oxygen atoms in total. The van der Waals surface area contributed by atoms with Crippen LogP contribution in [0.15, 0.2) is 54.9 Å². The van der Waals surface area contributed by atoms with Gasteiger partial charge in [0.2, 0.25) is 23.6 Å². The fourth-order valence-electron chi connectivity index (χ4n) is 9.00. The Labute approximate surface area is 367 Å². The normalized spacial score (nSPS) is 18.3. The van der Waals surface area contributed by atoms with E-state index >= 15 is 0 Å². The monoisotopic (exact) mass is 857 g/mol. The molecule has 5 amide bonds. The van der Waals surface area contributed by atoms with Gasteiger partial charge in [0, 0.05) is 93.6 Å². The maximum absolute atomic E-state index is 13.4. The molecule has 5 aliphatic rings. The molecule has 63 heavy (non-hydrogen) atoms. The van der Waals surface area contributed by atoms with Gasteiger partial charge in [-0.05, 0) is 88.1 Å². The first-order valence-corrected chi connectivity index (χ1v) is 21.8. The van der Waals surface area contributed by atoms with Crippen LogP contribution in [0, 0.1) is 13.8 Å². The molecule has 0 aliphatic carbocycles. The molecule has 330 valence electrons. The number of carbonyl (C=O) groups is 4. The zero-order chi connectivity index (χ0) is 44.0. The van der Waals surface area contributed by atoms with Crippen molar-refractivity contribution in [3.63, 3.8) is 0 Å². The predicted molar refractivity (Wildman–Crippen MR) is 239 cm³/mol. The van der Waals surface area contributed by atoms with E-state index < -0.39 is 11.7 Å². The number of anilines is 6. The zero-order valence-corrected chi connectivity index (χ0v) is 36.6. The molecule has 0 radical (unpaired) electrons. The van der Waals surface area contributed by atoms with Crippen molar-refractivity contribution in [2.75, 3.05) is 90.4 Å². The number of pyridine rings is 1. The second-order valence-electron chi connectivity index (χ2n) is 17.9. The first-order valence-electron chi connectivity index (χ1n) is 21.8. The number of nitrogens with zero attached hydrogens (tertiary/aromatic N) is 9. The van der Waals surface area contributed by atoms with Crippen molar-refractivity contribution in [1.29, 1.82) is 0 Å². The number of aromatic nitrogens is 3. The second kappa shape index (κ2) is 17.0. The quantitative estimate of drug-likeness (QED) is 0.245. The van der Waals surface area contributed by atoms with Gasteiger partial charge in [-0.1, -0.05) is 12.1 Å². The van der Waals surface area contributed by atoms with Gasteiger partial charge in [-0.2, -0.15) is 0 Å². The molecule has 0 bridgehead atoms. The van der Waals surface area contributed by atoms with Gasteiger partial charge < -0.3 is 29.5 Å². The molecule has 9 rings (SSSR count). The molecule has 17 heteroatoms. The van der Waals surface area contributed by atoms with Gasteiger partial charge in [-0.3, -0.25) is 29.6 Å². The van der Waals surface area contributed by atoms with Crippen LogP contribution in [-0.4, -0.2) is 126 Å². The van der Waals surface area contributed by atoms with Crippen molar-refractivity contribution in [2.24, 2.45) is 0 Å². The Hall–Kier alpha value is -6.49. The molecule has 4 aromatic rings. The first-order chi connectivity index (χ1) is 30.3. The molecule has 2 aromatic heterocycles. The summed E-state index contributed by atoms with van der Waals surface area (Å²) in [5.41, 5.74) is 8.55. The lowest BCUT2D eigenvalue weighted by molar-refractivity contribution is -0.132. The summed E-state index contributed by atoms with van der Waals surface area (Å²) in [6, 6.07) is 14.1. The number of hydrogen-bond acceptors (Lipinski definition) is 13. The first kappa shape index (κ1) is 41.8. The minimum Gasteiger partial charge on any atom is -0.474 e. The molecular formula is C46H55N11O6. The Bertz CT molecular complexity index is 2420. The van der Waals surface area contributed by atoms with Crippen LogP contribution in [0.3, 0.4) is 0 Å². The van der Waals surface area contributed by atoms with Crippen LogP contribution in [0.4, 0.5) is 44.0 Å². The topological polar surface area (TPSA) is 169 Å². The molecule has 3 fully saturated rings. The lowest BCUT2D eigenvalue weighted by Crippen LogP contribution is -2.63. The number of amides is 5. The average molecular weight is 858 g/mol. The number of urea groups is 1. The molecule has 3 saturated heterocycles. The van der Waals surface area contributed by atoms with Gasteiger partial charge in [-0.15, -0.1) is 0 Å². The highest BCUT2D eigenvalue weighted by Gasteiger charge is 2.36. The number of aryl methyl sites for hydroxylation is 1. The van der Waals surface area contributed by atoms with Gasteiger partial charge in [0.1, 0.15) is 17.9 Å². The van der Waals surface area contributed by atoms with Crippen LogP contribution in [0.25, 0.3) is 0 Å². The SMILES string of the molecule is Cc1cc(N2CC(N3CCN(C(=O)Cc4ccc(Nc5ncc6c(n5)CN(c5cnc7c(c5C)N(C(=O)OC(C)(C)C)CCO7)CC6)cc4)CC3)C2)ccc1N1CCC(=O)NC1=O. The smallest absolute Gasteiger partial charge is 0.415 e. The van der Waals surface area contributed by atoms with Crippen molar-refractivity contribution in [3.05, 3.63) is 82.8 Å². The maximum Gasteiger partial charge on any atom is 0.415 e.